The quantitative estimate of drug-likeness (QED) is 0.191. The van der Waals surface area contributed by atoms with Gasteiger partial charge in [-0.15, -0.1) is 0 Å². The number of carbonyl (C=O) groups is 1. The van der Waals surface area contributed by atoms with Crippen molar-refractivity contribution in [3.63, 3.8) is 0 Å². The zero-order valence-corrected chi connectivity index (χ0v) is 11.7. The van der Waals surface area contributed by atoms with Crippen molar-refractivity contribution < 1.29 is 55.9 Å². The third-order valence-electron chi connectivity index (χ3n) is 2.55. The number of hydrogen-bond donors (Lipinski definition) is 10. The normalized spacial score (nSPS) is 19.2. The predicted octanol–water partition coefficient (Wildman–Crippen LogP) is -6.32. The van der Waals surface area contributed by atoms with E-state index in [0.29, 0.717) is 0 Å². The Morgan fingerprint density at radius 1 is 0.636 bits per heavy atom. The van der Waals surface area contributed by atoms with E-state index in [0.717, 1.165) is 0 Å². The van der Waals surface area contributed by atoms with E-state index in [1.54, 1.807) is 0 Å². The van der Waals surface area contributed by atoms with E-state index in [9.17, 15) is 4.79 Å². The SMILES string of the molecule is O=C(CO)[C@@H](O)[C@H](O)[C@@H](O)CO.OC[C@@H](O)C(O)[C@@H](O)CO. The van der Waals surface area contributed by atoms with E-state index in [-0.39, 0.29) is 0 Å². The van der Waals surface area contributed by atoms with Gasteiger partial charge in [-0.25, -0.2) is 0 Å². The highest BCUT2D eigenvalue weighted by atomic mass is 16.4. The van der Waals surface area contributed by atoms with Crippen LogP contribution in [-0.2, 0) is 4.79 Å². The summed E-state index contributed by atoms with van der Waals surface area (Å²) < 4.78 is 0. The van der Waals surface area contributed by atoms with Crippen LogP contribution in [0, 0.1) is 0 Å². The van der Waals surface area contributed by atoms with Crippen LogP contribution in [-0.4, -0.2) is 120 Å². The fraction of sp³-hybridized carbons (Fsp3) is 0.909. The molecule has 0 aliphatic rings. The summed E-state index contributed by atoms with van der Waals surface area (Å²) in [6, 6.07) is 0. The van der Waals surface area contributed by atoms with Crippen LogP contribution < -0.4 is 0 Å². The molecule has 6 atom stereocenters. The fourth-order valence-electron chi connectivity index (χ4n) is 1.07. The van der Waals surface area contributed by atoms with Gasteiger partial charge in [0.1, 0.15) is 43.2 Å². The maximum Gasteiger partial charge on any atom is 0.189 e. The molecule has 0 radical (unpaired) electrons. The van der Waals surface area contributed by atoms with Crippen LogP contribution >= 0.6 is 0 Å². The minimum absolute atomic E-state index is 0.641. The number of ketones is 1. The topological polar surface area (TPSA) is 219 Å². The lowest BCUT2D eigenvalue weighted by molar-refractivity contribution is -0.142. The van der Waals surface area contributed by atoms with Crippen molar-refractivity contribution in [2.45, 2.75) is 36.6 Å². The van der Waals surface area contributed by atoms with Gasteiger partial charge in [0.2, 0.25) is 0 Å². The van der Waals surface area contributed by atoms with Crippen molar-refractivity contribution in [1.29, 1.82) is 0 Å². The average Bonchev–Trinajstić information content (AvgIpc) is 2.56. The first-order valence-electron chi connectivity index (χ1n) is 6.22. The molecule has 134 valence electrons. The Balaban J connectivity index is 0. The molecule has 0 aromatic carbocycles. The summed E-state index contributed by atoms with van der Waals surface area (Å²) in [7, 11) is 0. The Morgan fingerprint density at radius 3 is 1.23 bits per heavy atom. The van der Waals surface area contributed by atoms with Crippen LogP contribution in [0.4, 0.5) is 0 Å². The molecule has 0 fully saturated rings. The molecule has 11 heteroatoms. The van der Waals surface area contributed by atoms with Crippen LogP contribution in [0.5, 0.6) is 0 Å². The van der Waals surface area contributed by atoms with E-state index in [1.807, 2.05) is 0 Å². The van der Waals surface area contributed by atoms with Gasteiger partial charge in [0.25, 0.3) is 0 Å². The van der Waals surface area contributed by atoms with Crippen LogP contribution in [0.3, 0.4) is 0 Å². The summed E-state index contributed by atoms with van der Waals surface area (Å²) >= 11 is 0. The van der Waals surface area contributed by atoms with Gasteiger partial charge < -0.3 is 51.1 Å². The third kappa shape index (κ3) is 8.65. The van der Waals surface area contributed by atoms with E-state index < -0.39 is 68.8 Å². The van der Waals surface area contributed by atoms with Gasteiger partial charge in [0.05, 0.1) is 19.8 Å². The van der Waals surface area contributed by atoms with Crippen molar-refractivity contribution in [3.8, 4) is 0 Å². The van der Waals surface area contributed by atoms with Crippen molar-refractivity contribution in [2.75, 3.05) is 26.4 Å². The minimum Gasteiger partial charge on any atom is -0.394 e. The van der Waals surface area contributed by atoms with Gasteiger partial charge in [-0.1, -0.05) is 0 Å². The van der Waals surface area contributed by atoms with Gasteiger partial charge >= 0.3 is 0 Å². The molecule has 0 spiro atoms. The fourth-order valence-corrected chi connectivity index (χ4v) is 1.07. The first-order valence-corrected chi connectivity index (χ1v) is 6.22. The molecular formula is C11H24O11. The first-order chi connectivity index (χ1) is 10.2. The summed E-state index contributed by atoms with van der Waals surface area (Å²) in [6.07, 6.45) is -9.51. The van der Waals surface area contributed by atoms with Crippen molar-refractivity contribution in [3.05, 3.63) is 0 Å². The number of aliphatic hydroxyl groups excluding tert-OH is 10. The lowest BCUT2D eigenvalue weighted by atomic mass is 10.1. The second kappa shape index (κ2) is 12.8. The number of hydrogen-bond acceptors (Lipinski definition) is 11. The van der Waals surface area contributed by atoms with Crippen LogP contribution in [0.2, 0.25) is 0 Å². The highest BCUT2D eigenvalue weighted by Crippen LogP contribution is 2.00. The van der Waals surface area contributed by atoms with Gasteiger partial charge in [-0.3, -0.25) is 4.79 Å². The van der Waals surface area contributed by atoms with E-state index >= 15 is 0 Å². The Labute approximate surface area is 125 Å². The molecule has 0 aromatic rings. The molecule has 22 heavy (non-hydrogen) atoms. The number of rotatable bonds is 9. The van der Waals surface area contributed by atoms with Crippen LogP contribution in [0.1, 0.15) is 0 Å². The summed E-state index contributed by atoms with van der Waals surface area (Å²) in [4.78, 5) is 10.5. The van der Waals surface area contributed by atoms with Gasteiger partial charge in [-0.2, -0.15) is 0 Å². The largest absolute Gasteiger partial charge is 0.394 e. The van der Waals surface area contributed by atoms with Gasteiger partial charge in [0.15, 0.2) is 5.78 Å². The number of aliphatic hydroxyl groups is 10. The first kappa shape index (κ1) is 23.5. The zero-order chi connectivity index (χ0) is 17.9. The molecule has 0 aromatic heterocycles. The zero-order valence-electron chi connectivity index (χ0n) is 11.7. The van der Waals surface area contributed by atoms with E-state index in [2.05, 4.69) is 0 Å². The maximum atomic E-state index is 10.5. The molecule has 0 aliphatic carbocycles. The maximum absolute atomic E-state index is 10.5. The summed E-state index contributed by atoms with van der Waals surface area (Å²) in [5.41, 5.74) is 0. The molecule has 1 unspecified atom stereocenters. The summed E-state index contributed by atoms with van der Waals surface area (Å²) in [6.45, 7) is -2.97. The number of carbonyl (C=O) groups excluding carboxylic acids is 1. The molecule has 0 saturated heterocycles. The molecule has 0 amide bonds. The summed E-state index contributed by atoms with van der Waals surface area (Å²) in [5, 5.41) is 85.6. The lowest BCUT2D eigenvalue weighted by Gasteiger charge is -2.19. The monoisotopic (exact) mass is 332 g/mol. The third-order valence-corrected chi connectivity index (χ3v) is 2.55. The van der Waals surface area contributed by atoms with Gasteiger partial charge in [-0.05, 0) is 0 Å². The molecule has 0 saturated carbocycles. The number of Topliss-reactive ketones (excluding diaryl/α,β-unsaturated/α-hetero) is 1. The standard InChI is InChI=1S/C6H12O6.C5H12O5/c7-1-3(9)5(11)6(12)4(10)2-8;6-1-3(8)5(10)4(9)2-7/h3,5-9,11-12H,1-2H2;3-10H,1-2H2/t3-,5+,6+;3-,4+,5?/m0./s1. The lowest BCUT2D eigenvalue weighted by Crippen LogP contribution is -2.44. The molecule has 10 N–H and O–H groups in total. The van der Waals surface area contributed by atoms with Gasteiger partial charge in [0, 0.05) is 0 Å². The Kier molecular flexibility index (Phi) is 13.7. The van der Waals surface area contributed by atoms with Crippen LogP contribution in [0.15, 0.2) is 0 Å². The van der Waals surface area contributed by atoms with Crippen LogP contribution in [0.25, 0.3) is 0 Å². The van der Waals surface area contributed by atoms with Crippen molar-refractivity contribution in [2.24, 2.45) is 0 Å². The Hall–Kier alpha value is -0.730. The molecule has 0 heterocycles. The summed E-state index contributed by atoms with van der Waals surface area (Å²) in [5.74, 6) is -1.00. The molecule has 0 rings (SSSR count). The van der Waals surface area contributed by atoms with E-state index in [1.165, 1.54) is 0 Å². The Morgan fingerprint density at radius 2 is 0.955 bits per heavy atom. The van der Waals surface area contributed by atoms with Crippen molar-refractivity contribution >= 4 is 5.78 Å². The molecule has 11 nitrogen and oxygen atoms in total. The predicted molar refractivity (Wildman–Crippen MR) is 69.4 cm³/mol. The smallest absolute Gasteiger partial charge is 0.189 e. The molecule has 0 bridgehead atoms. The highest BCUT2D eigenvalue weighted by molar-refractivity contribution is 5.84. The second-order valence-electron chi connectivity index (χ2n) is 4.30. The molecular weight excluding hydrogens is 308 g/mol. The minimum atomic E-state index is -1.86. The Bertz CT molecular complexity index is 277. The second-order valence-corrected chi connectivity index (χ2v) is 4.30. The average molecular weight is 332 g/mol. The van der Waals surface area contributed by atoms with Crippen molar-refractivity contribution in [1.82, 2.24) is 0 Å². The highest BCUT2D eigenvalue weighted by Gasteiger charge is 2.28. The molecule has 0 aliphatic heterocycles. The van der Waals surface area contributed by atoms with E-state index in [4.69, 9.17) is 51.1 Å².